The van der Waals surface area contributed by atoms with E-state index in [4.69, 9.17) is 16.3 Å². The lowest BCUT2D eigenvalue weighted by molar-refractivity contribution is -0.145. The van der Waals surface area contributed by atoms with Gasteiger partial charge < -0.3 is 9.30 Å². The zero-order chi connectivity index (χ0) is 12.1. The average molecular weight is 244 g/mol. The Morgan fingerprint density at radius 1 is 1.50 bits per heavy atom. The van der Waals surface area contributed by atoms with Crippen molar-refractivity contribution in [2.45, 2.75) is 20.4 Å². The first-order chi connectivity index (χ1) is 7.49. The van der Waals surface area contributed by atoms with E-state index in [1.165, 1.54) is 22.9 Å². The van der Waals surface area contributed by atoms with Crippen molar-refractivity contribution in [3.8, 4) is 0 Å². The zero-order valence-electron chi connectivity index (χ0n) is 9.27. The highest BCUT2D eigenvalue weighted by Gasteiger charge is 2.07. The third-order valence-corrected chi connectivity index (χ3v) is 2.05. The summed E-state index contributed by atoms with van der Waals surface area (Å²) in [7, 11) is 0. The van der Waals surface area contributed by atoms with E-state index < -0.39 is 5.97 Å². The van der Waals surface area contributed by atoms with Gasteiger partial charge in [-0.25, -0.2) is 0 Å². The first kappa shape index (κ1) is 12.8. The van der Waals surface area contributed by atoms with Gasteiger partial charge >= 0.3 is 5.97 Å². The third kappa shape index (κ3) is 4.06. The van der Waals surface area contributed by atoms with Gasteiger partial charge in [-0.05, 0) is 12.0 Å². The van der Waals surface area contributed by atoms with Crippen molar-refractivity contribution in [2.75, 3.05) is 6.61 Å². The van der Waals surface area contributed by atoms with Gasteiger partial charge in [0.15, 0.2) is 0 Å². The second-order valence-electron chi connectivity index (χ2n) is 3.89. The van der Waals surface area contributed by atoms with Crippen molar-refractivity contribution in [3.05, 3.63) is 33.7 Å². The fraction of sp³-hybridized carbons (Fsp3) is 0.455. The fourth-order valence-corrected chi connectivity index (χ4v) is 1.25. The van der Waals surface area contributed by atoms with Crippen LogP contribution >= 0.6 is 11.6 Å². The number of rotatable bonds is 4. The Bertz CT molecular complexity index is 425. The van der Waals surface area contributed by atoms with E-state index in [1.807, 2.05) is 13.8 Å². The van der Waals surface area contributed by atoms with Crippen LogP contribution in [-0.4, -0.2) is 17.1 Å². The summed E-state index contributed by atoms with van der Waals surface area (Å²) >= 11 is 5.72. The lowest BCUT2D eigenvalue weighted by Gasteiger charge is -2.08. The van der Waals surface area contributed by atoms with Gasteiger partial charge in [0, 0.05) is 12.3 Å². The van der Waals surface area contributed by atoms with E-state index in [-0.39, 0.29) is 18.0 Å². The standard InChI is InChI=1S/C11H14ClNO3/c1-8(2)7-16-11(15)6-13-5-9(12)3-4-10(13)14/h3-5,8H,6-7H2,1-2H3. The largest absolute Gasteiger partial charge is 0.464 e. The van der Waals surface area contributed by atoms with Crippen molar-refractivity contribution in [2.24, 2.45) is 5.92 Å². The van der Waals surface area contributed by atoms with Crippen molar-refractivity contribution < 1.29 is 9.53 Å². The molecule has 16 heavy (non-hydrogen) atoms. The summed E-state index contributed by atoms with van der Waals surface area (Å²) in [4.78, 5) is 22.7. The Kier molecular flexibility index (Phi) is 4.55. The molecule has 0 aliphatic rings. The average Bonchev–Trinajstić information content (AvgIpc) is 2.20. The summed E-state index contributed by atoms with van der Waals surface area (Å²) < 4.78 is 6.19. The molecular weight excluding hydrogens is 230 g/mol. The number of carbonyl (C=O) groups is 1. The normalized spacial score (nSPS) is 10.5. The van der Waals surface area contributed by atoms with Gasteiger partial charge in [-0.1, -0.05) is 25.4 Å². The lowest BCUT2D eigenvalue weighted by atomic mass is 10.2. The maximum atomic E-state index is 11.4. The van der Waals surface area contributed by atoms with Crippen LogP contribution in [0.3, 0.4) is 0 Å². The summed E-state index contributed by atoms with van der Waals surface area (Å²) in [6.07, 6.45) is 1.42. The Balaban J connectivity index is 2.62. The second-order valence-corrected chi connectivity index (χ2v) is 4.33. The fourth-order valence-electron chi connectivity index (χ4n) is 1.07. The number of carbonyl (C=O) groups excluding carboxylic acids is 1. The SMILES string of the molecule is CC(C)COC(=O)Cn1cc(Cl)ccc1=O. The number of aromatic nitrogens is 1. The van der Waals surface area contributed by atoms with Crippen LogP contribution in [-0.2, 0) is 16.1 Å². The van der Waals surface area contributed by atoms with Crippen LogP contribution in [0.15, 0.2) is 23.1 Å². The molecule has 0 radical (unpaired) electrons. The van der Waals surface area contributed by atoms with E-state index >= 15 is 0 Å². The highest BCUT2D eigenvalue weighted by molar-refractivity contribution is 6.30. The molecule has 1 aromatic heterocycles. The van der Waals surface area contributed by atoms with Crippen LogP contribution in [0, 0.1) is 5.92 Å². The first-order valence-corrected chi connectivity index (χ1v) is 5.38. The quantitative estimate of drug-likeness (QED) is 0.757. The molecule has 4 nitrogen and oxygen atoms in total. The summed E-state index contributed by atoms with van der Waals surface area (Å²) in [6.45, 7) is 4.14. The molecule has 1 aromatic rings. The molecule has 0 atom stereocenters. The molecule has 0 saturated carbocycles. The lowest BCUT2D eigenvalue weighted by Crippen LogP contribution is -2.24. The van der Waals surface area contributed by atoms with E-state index in [0.29, 0.717) is 11.6 Å². The highest BCUT2D eigenvalue weighted by Crippen LogP contribution is 2.03. The number of esters is 1. The van der Waals surface area contributed by atoms with E-state index in [0.717, 1.165) is 0 Å². The summed E-state index contributed by atoms with van der Waals surface area (Å²) in [5, 5.41) is 0.413. The molecule has 0 saturated heterocycles. The Labute approximate surface area is 98.8 Å². The molecule has 0 aliphatic heterocycles. The molecule has 1 heterocycles. The monoisotopic (exact) mass is 243 g/mol. The minimum absolute atomic E-state index is 0.105. The molecule has 0 N–H and O–H groups in total. The van der Waals surface area contributed by atoms with Gasteiger partial charge in [-0.2, -0.15) is 0 Å². The number of ether oxygens (including phenoxy) is 1. The molecule has 0 bridgehead atoms. The number of nitrogens with zero attached hydrogens (tertiary/aromatic N) is 1. The van der Waals surface area contributed by atoms with Gasteiger partial charge in [-0.15, -0.1) is 0 Å². The summed E-state index contributed by atoms with van der Waals surface area (Å²) in [6, 6.07) is 2.80. The molecule has 88 valence electrons. The van der Waals surface area contributed by atoms with E-state index in [1.54, 1.807) is 0 Å². The van der Waals surface area contributed by atoms with Crippen molar-refractivity contribution >= 4 is 17.6 Å². The van der Waals surface area contributed by atoms with Crippen LogP contribution in [0.2, 0.25) is 5.02 Å². The Hall–Kier alpha value is -1.29. The van der Waals surface area contributed by atoms with Gasteiger partial charge in [0.05, 0.1) is 11.6 Å². The van der Waals surface area contributed by atoms with Crippen LogP contribution in [0.1, 0.15) is 13.8 Å². The van der Waals surface area contributed by atoms with Crippen LogP contribution in [0.4, 0.5) is 0 Å². The van der Waals surface area contributed by atoms with Crippen LogP contribution in [0.25, 0.3) is 0 Å². The maximum Gasteiger partial charge on any atom is 0.326 e. The molecule has 1 rings (SSSR count). The van der Waals surface area contributed by atoms with E-state index in [9.17, 15) is 9.59 Å². The summed E-state index contributed by atoms with van der Waals surface area (Å²) in [5.74, 6) is -0.155. The van der Waals surface area contributed by atoms with Gasteiger partial charge in [0.1, 0.15) is 6.54 Å². The smallest absolute Gasteiger partial charge is 0.326 e. The van der Waals surface area contributed by atoms with Crippen LogP contribution in [0.5, 0.6) is 0 Å². The molecule has 0 fully saturated rings. The van der Waals surface area contributed by atoms with Gasteiger partial charge in [0.25, 0.3) is 5.56 Å². The summed E-state index contributed by atoms with van der Waals surface area (Å²) in [5.41, 5.74) is -0.272. The highest BCUT2D eigenvalue weighted by atomic mass is 35.5. The Morgan fingerprint density at radius 2 is 2.19 bits per heavy atom. The van der Waals surface area contributed by atoms with Crippen molar-refractivity contribution in [1.29, 1.82) is 0 Å². The Morgan fingerprint density at radius 3 is 2.81 bits per heavy atom. The predicted octanol–water partition coefficient (Wildman–Crippen LogP) is 1.70. The number of halogens is 1. The second kappa shape index (κ2) is 5.70. The number of pyridine rings is 1. The maximum absolute atomic E-state index is 11.4. The van der Waals surface area contributed by atoms with Crippen molar-refractivity contribution in [3.63, 3.8) is 0 Å². The number of hydrogen-bond acceptors (Lipinski definition) is 3. The van der Waals surface area contributed by atoms with Gasteiger partial charge in [0.2, 0.25) is 0 Å². The molecule has 0 spiro atoms. The molecule has 5 heteroatoms. The topological polar surface area (TPSA) is 48.3 Å². The zero-order valence-corrected chi connectivity index (χ0v) is 10.0. The number of hydrogen-bond donors (Lipinski definition) is 0. The molecule has 0 aliphatic carbocycles. The third-order valence-electron chi connectivity index (χ3n) is 1.82. The molecule has 0 amide bonds. The first-order valence-electron chi connectivity index (χ1n) is 5.00. The minimum atomic E-state index is -0.432. The van der Waals surface area contributed by atoms with Crippen molar-refractivity contribution in [1.82, 2.24) is 4.57 Å². The molecule has 0 unspecified atom stereocenters. The van der Waals surface area contributed by atoms with Crippen LogP contribution < -0.4 is 5.56 Å². The predicted molar refractivity (Wildman–Crippen MR) is 61.5 cm³/mol. The van der Waals surface area contributed by atoms with E-state index in [2.05, 4.69) is 0 Å². The minimum Gasteiger partial charge on any atom is -0.464 e. The molecular formula is C11H14ClNO3. The van der Waals surface area contributed by atoms with Gasteiger partial charge in [-0.3, -0.25) is 9.59 Å². The molecule has 0 aromatic carbocycles.